The Morgan fingerprint density at radius 2 is 1.78 bits per heavy atom. The van der Waals surface area contributed by atoms with Crippen LogP contribution in [0.25, 0.3) is 11.0 Å². The van der Waals surface area contributed by atoms with Crippen LogP contribution < -0.4 is 10.9 Å². The SMILES string of the molecule is O=C(CNC1CCCCC1)N1N=C(c2cc3ccccc3oc2=O)CC1c1ccccc1. The molecule has 0 radical (unpaired) electrons. The zero-order chi connectivity index (χ0) is 21.9. The molecule has 3 aromatic rings. The fraction of sp³-hybridized carbons (Fsp3) is 0.346. The summed E-state index contributed by atoms with van der Waals surface area (Å²) in [6.07, 6.45) is 6.40. The molecule has 1 aliphatic carbocycles. The summed E-state index contributed by atoms with van der Waals surface area (Å²) < 4.78 is 5.52. The summed E-state index contributed by atoms with van der Waals surface area (Å²) >= 11 is 0. The van der Waals surface area contributed by atoms with Crippen molar-refractivity contribution >= 4 is 22.6 Å². The van der Waals surface area contributed by atoms with Gasteiger partial charge in [-0.05, 0) is 30.5 Å². The van der Waals surface area contributed by atoms with Crippen molar-refractivity contribution in [2.75, 3.05) is 6.54 Å². The van der Waals surface area contributed by atoms with Gasteiger partial charge in [0.2, 0.25) is 0 Å². The van der Waals surface area contributed by atoms with E-state index >= 15 is 0 Å². The van der Waals surface area contributed by atoms with E-state index in [4.69, 9.17) is 4.42 Å². The Morgan fingerprint density at radius 3 is 2.59 bits per heavy atom. The van der Waals surface area contributed by atoms with Crippen LogP contribution in [0.15, 0.2) is 75.0 Å². The molecule has 1 aromatic heterocycles. The zero-order valence-electron chi connectivity index (χ0n) is 18.0. The van der Waals surface area contributed by atoms with E-state index in [2.05, 4.69) is 10.4 Å². The molecule has 1 fully saturated rings. The third-order valence-corrected chi connectivity index (χ3v) is 6.45. The van der Waals surface area contributed by atoms with Gasteiger partial charge in [-0.15, -0.1) is 0 Å². The van der Waals surface area contributed by atoms with E-state index in [-0.39, 0.29) is 18.5 Å². The average Bonchev–Trinajstić information content (AvgIpc) is 3.29. The van der Waals surface area contributed by atoms with Crippen molar-refractivity contribution in [2.24, 2.45) is 5.10 Å². The number of fused-ring (bicyclic) bond motifs is 1. The molecule has 1 saturated carbocycles. The van der Waals surface area contributed by atoms with Gasteiger partial charge >= 0.3 is 5.63 Å². The van der Waals surface area contributed by atoms with E-state index in [0.29, 0.717) is 29.3 Å². The first-order chi connectivity index (χ1) is 15.7. The number of para-hydroxylation sites is 1. The third kappa shape index (κ3) is 4.23. The van der Waals surface area contributed by atoms with Crippen molar-refractivity contribution in [1.82, 2.24) is 10.3 Å². The lowest BCUT2D eigenvalue weighted by molar-refractivity contribution is -0.132. The van der Waals surface area contributed by atoms with Gasteiger partial charge in [0.15, 0.2) is 0 Å². The molecule has 1 atom stereocenters. The first kappa shape index (κ1) is 20.6. The Hall–Kier alpha value is -3.25. The summed E-state index contributed by atoms with van der Waals surface area (Å²) in [5, 5.41) is 10.5. The van der Waals surface area contributed by atoms with Gasteiger partial charge in [-0.1, -0.05) is 67.8 Å². The van der Waals surface area contributed by atoms with Gasteiger partial charge in [-0.3, -0.25) is 4.79 Å². The largest absolute Gasteiger partial charge is 0.422 e. The number of carbonyl (C=O) groups excluding carboxylic acids is 1. The molecule has 0 saturated heterocycles. The number of hydrogen-bond acceptors (Lipinski definition) is 5. The topological polar surface area (TPSA) is 74.9 Å². The molecule has 5 rings (SSSR count). The van der Waals surface area contributed by atoms with Crippen molar-refractivity contribution in [3.05, 3.63) is 82.2 Å². The van der Waals surface area contributed by atoms with Crippen LogP contribution in [0.1, 0.15) is 55.7 Å². The maximum Gasteiger partial charge on any atom is 0.345 e. The number of nitrogens with zero attached hydrogens (tertiary/aromatic N) is 2. The average molecular weight is 430 g/mol. The Balaban J connectivity index is 1.44. The lowest BCUT2D eigenvalue weighted by Gasteiger charge is -2.25. The summed E-state index contributed by atoms with van der Waals surface area (Å²) in [6, 6.07) is 19.3. The van der Waals surface area contributed by atoms with Crippen molar-refractivity contribution in [3.63, 3.8) is 0 Å². The van der Waals surface area contributed by atoms with Crippen molar-refractivity contribution in [3.8, 4) is 0 Å². The van der Waals surface area contributed by atoms with Crippen molar-refractivity contribution in [1.29, 1.82) is 0 Å². The highest BCUT2D eigenvalue weighted by Crippen LogP contribution is 2.32. The summed E-state index contributed by atoms with van der Waals surface area (Å²) in [7, 11) is 0. The number of hydrogen-bond donors (Lipinski definition) is 1. The molecule has 1 aliphatic heterocycles. The van der Waals surface area contributed by atoms with Crippen LogP contribution in [0.3, 0.4) is 0 Å². The molecule has 2 aliphatic rings. The fourth-order valence-electron chi connectivity index (χ4n) is 4.72. The molecule has 1 amide bonds. The number of nitrogens with one attached hydrogen (secondary N) is 1. The lowest BCUT2D eigenvalue weighted by Crippen LogP contribution is -2.40. The highest BCUT2D eigenvalue weighted by molar-refractivity contribution is 6.04. The molecule has 6 heteroatoms. The number of carbonyl (C=O) groups is 1. The summed E-state index contributed by atoms with van der Waals surface area (Å²) in [5.74, 6) is -0.0791. The maximum atomic E-state index is 13.2. The first-order valence-corrected chi connectivity index (χ1v) is 11.4. The second-order valence-electron chi connectivity index (χ2n) is 8.62. The minimum atomic E-state index is -0.427. The zero-order valence-corrected chi connectivity index (χ0v) is 18.0. The normalized spacial score (nSPS) is 19.3. The van der Waals surface area contributed by atoms with Crippen LogP contribution in [0.5, 0.6) is 0 Å². The first-order valence-electron chi connectivity index (χ1n) is 11.4. The molecule has 6 nitrogen and oxygen atoms in total. The van der Waals surface area contributed by atoms with Gasteiger partial charge < -0.3 is 9.73 Å². The van der Waals surface area contributed by atoms with E-state index in [1.54, 1.807) is 11.1 Å². The molecule has 0 bridgehead atoms. The van der Waals surface area contributed by atoms with Gasteiger partial charge in [0, 0.05) is 17.8 Å². The summed E-state index contributed by atoms with van der Waals surface area (Å²) in [5.41, 5.74) is 2.12. The van der Waals surface area contributed by atoms with Gasteiger partial charge in [0.1, 0.15) is 5.58 Å². The molecule has 1 unspecified atom stereocenters. The van der Waals surface area contributed by atoms with Crippen LogP contribution >= 0.6 is 0 Å². The minimum Gasteiger partial charge on any atom is -0.422 e. The Morgan fingerprint density at radius 1 is 1.03 bits per heavy atom. The number of rotatable bonds is 5. The molecule has 32 heavy (non-hydrogen) atoms. The van der Waals surface area contributed by atoms with Crippen LogP contribution in [0.4, 0.5) is 0 Å². The monoisotopic (exact) mass is 429 g/mol. The quantitative estimate of drug-likeness (QED) is 0.611. The van der Waals surface area contributed by atoms with E-state index in [9.17, 15) is 9.59 Å². The summed E-state index contributed by atoms with van der Waals surface area (Å²) in [4.78, 5) is 25.9. The number of benzene rings is 2. The van der Waals surface area contributed by atoms with E-state index in [0.717, 1.165) is 23.8 Å². The van der Waals surface area contributed by atoms with Gasteiger partial charge in [-0.25, -0.2) is 9.80 Å². The van der Waals surface area contributed by atoms with E-state index in [1.165, 1.54) is 19.3 Å². The van der Waals surface area contributed by atoms with Crippen LogP contribution in [-0.4, -0.2) is 29.2 Å². The second kappa shape index (κ2) is 9.09. The summed E-state index contributed by atoms with van der Waals surface area (Å²) in [6.45, 7) is 0.247. The highest BCUT2D eigenvalue weighted by atomic mass is 16.4. The van der Waals surface area contributed by atoms with E-state index < -0.39 is 5.63 Å². The smallest absolute Gasteiger partial charge is 0.345 e. The van der Waals surface area contributed by atoms with Gasteiger partial charge in [0.05, 0.1) is 23.9 Å². The Bertz CT molecular complexity index is 1200. The molecule has 1 N–H and O–H groups in total. The maximum absolute atomic E-state index is 13.2. The predicted octanol–water partition coefficient (Wildman–Crippen LogP) is 4.39. The second-order valence-corrected chi connectivity index (χ2v) is 8.62. The van der Waals surface area contributed by atoms with Gasteiger partial charge in [-0.2, -0.15) is 5.10 Å². The fourth-order valence-corrected chi connectivity index (χ4v) is 4.72. The molecular formula is C26H27N3O3. The third-order valence-electron chi connectivity index (χ3n) is 6.45. The molecular weight excluding hydrogens is 402 g/mol. The highest BCUT2D eigenvalue weighted by Gasteiger charge is 2.34. The predicted molar refractivity (Wildman–Crippen MR) is 125 cm³/mol. The van der Waals surface area contributed by atoms with Crippen LogP contribution in [0.2, 0.25) is 0 Å². The molecule has 0 spiro atoms. The van der Waals surface area contributed by atoms with Crippen molar-refractivity contribution < 1.29 is 9.21 Å². The van der Waals surface area contributed by atoms with Crippen LogP contribution in [0, 0.1) is 0 Å². The van der Waals surface area contributed by atoms with Gasteiger partial charge in [0.25, 0.3) is 5.91 Å². The van der Waals surface area contributed by atoms with E-state index in [1.807, 2.05) is 54.6 Å². The molecule has 164 valence electrons. The lowest BCUT2D eigenvalue weighted by atomic mass is 9.95. The molecule has 2 aromatic carbocycles. The minimum absolute atomic E-state index is 0.0791. The number of hydrazone groups is 1. The standard InChI is InChI=1S/C26H27N3O3/c30-25(17-27-20-12-5-2-6-13-20)29-23(18-9-3-1-4-10-18)16-22(28-29)21-15-19-11-7-8-14-24(19)32-26(21)31/h1,3-4,7-11,14-15,20,23,27H,2,5-6,12-13,16-17H2. The van der Waals surface area contributed by atoms with Crippen LogP contribution in [-0.2, 0) is 4.79 Å². The van der Waals surface area contributed by atoms with Crippen molar-refractivity contribution in [2.45, 2.75) is 50.6 Å². The Labute approximate surface area is 186 Å². The molecule has 2 heterocycles. The Kier molecular flexibility index (Phi) is 5.86. The number of amides is 1.